The highest BCUT2D eigenvalue weighted by Crippen LogP contribution is 2.26. The predicted molar refractivity (Wildman–Crippen MR) is 128 cm³/mol. The number of halogens is 1. The maximum absolute atomic E-state index is 13.1. The fourth-order valence-electron chi connectivity index (χ4n) is 3.73. The summed E-state index contributed by atoms with van der Waals surface area (Å²) >= 11 is 0. The van der Waals surface area contributed by atoms with Gasteiger partial charge in [-0.3, -0.25) is 0 Å². The second-order valence-corrected chi connectivity index (χ2v) is 10.3. The molecule has 0 unspecified atom stereocenters. The highest BCUT2D eigenvalue weighted by Gasteiger charge is 2.31. The number of nitrogens with zero attached hydrogens (tertiary/aromatic N) is 4. The average Bonchev–Trinajstić information content (AvgIpc) is 3.27. The molecule has 7 nitrogen and oxygen atoms in total. The molecule has 1 aliphatic rings. The Hall–Kier alpha value is -3.48. The number of benzene rings is 2. The lowest BCUT2D eigenvalue weighted by atomic mass is 10.0. The van der Waals surface area contributed by atoms with Crippen molar-refractivity contribution in [1.29, 1.82) is 5.26 Å². The first-order valence-electron chi connectivity index (χ1n) is 11.0. The van der Waals surface area contributed by atoms with E-state index in [4.69, 9.17) is 4.42 Å². The van der Waals surface area contributed by atoms with Gasteiger partial charge in [0.25, 0.3) is 0 Å². The SMILES string of the molecule is CC(C)c1ccc(S(=O)(=O)N2CCN(c3oc(/C=C/c4ccc(F)cc4)nc3C#N)CC2)cc1. The van der Waals surface area contributed by atoms with Gasteiger partial charge in [-0.15, -0.1) is 0 Å². The summed E-state index contributed by atoms with van der Waals surface area (Å²) in [6.45, 7) is 5.39. The van der Waals surface area contributed by atoms with Crippen molar-refractivity contribution in [3.8, 4) is 6.07 Å². The van der Waals surface area contributed by atoms with Crippen molar-refractivity contribution >= 4 is 28.1 Å². The van der Waals surface area contributed by atoms with E-state index in [0.717, 1.165) is 11.1 Å². The van der Waals surface area contributed by atoms with Crippen LogP contribution in [-0.2, 0) is 10.0 Å². The van der Waals surface area contributed by atoms with Crippen molar-refractivity contribution in [3.63, 3.8) is 0 Å². The largest absolute Gasteiger partial charge is 0.420 e. The van der Waals surface area contributed by atoms with E-state index in [1.54, 1.807) is 36.4 Å². The number of oxazole rings is 1. The Bertz CT molecular complexity index is 1320. The molecule has 0 atom stereocenters. The summed E-state index contributed by atoms with van der Waals surface area (Å²) in [4.78, 5) is 6.31. The number of rotatable bonds is 6. The van der Waals surface area contributed by atoms with Crippen LogP contribution < -0.4 is 4.90 Å². The molecule has 2 aromatic carbocycles. The normalized spacial score (nSPS) is 15.2. The van der Waals surface area contributed by atoms with Crippen molar-refractivity contribution in [2.75, 3.05) is 31.1 Å². The number of hydrogen-bond donors (Lipinski definition) is 0. The number of aromatic nitrogens is 1. The van der Waals surface area contributed by atoms with Crippen LogP contribution in [-0.4, -0.2) is 43.9 Å². The molecule has 0 N–H and O–H groups in total. The molecule has 34 heavy (non-hydrogen) atoms. The molecule has 1 aliphatic heterocycles. The van der Waals surface area contributed by atoms with Gasteiger partial charge < -0.3 is 9.32 Å². The summed E-state index contributed by atoms with van der Waals surface area (Å²) in [7, 11) is -3.61. The van der Waals surface area contributed by atoms with Crippen molar-refractivity contribution in [1.82, 2.24) is 9.29 Å². The van der Waals surface area contributed by atoms with Crippen LogP contribution in [0.15, 0.2) is 57.8 Å². The molecule has 0 spiro atoms. The van der Waals surface area contributed by atoms with Crippen LogP contribution >= 0.6 is 0 Å². The summed E-state index contributed by atoms with van der Waals surface area (Å²) in [5, 5.41) is 9.50. The molecular formula is C25H25FN4O3S. The van der Waals surface area contributed by atoms with Crippen molar-refractivity contribution in [2.45, 2.75) is 24.7 Å². The van der Waals surface area contributed by atoms with Crippen molar-refractivity contribution < 1.29 is 17.2 Å². The maximum atomic E-state index is 13.1. The molecule has 1 saturated heterocycles. The zero-order valence-electron chi connectivity index (χ0n) is 19.0. The Kier molecular flexibility index (Phi) is 6.82. The molecule has 3 aromatic rings. The molecule has 0 aliphatic carbocycles. The molecule has 0 amide bonds. The standard InChI is InChI=1S/C25H25FN4O3S/c1-18(2)20-6-10-22(11-7-20)34(31,32)30-15-13-29(14-16-30)25-23(17-27)28-24(33-25)12-5-19-3-8-21(26)9-4-19/h3-12,18H,13-16H2,1-2H3/b12-5+. The van der Waals surface area contributed by atoms with Gasteiger partial charge in [-0.1, -0.05) is 38.1 Å². The Morgan fingerprint density at radius 1 is 1.03 bits per heavy atom. The molecule has 4 rings (SSSR count). The third-order valence-corrected chi connectivity index (χ3v) is 7.64. The van der Waals surface area contributed by atoms with E-state index in [0.29, 0.717) is 24.9 Å². The fraction of sp³-hybridized carbons (Fsp3) is 0.280. The maximum Gasteiger partial charge on any atom is 0.243 e. The number of hydrogen-bond acceptors (Lipinski definition) is 6. The molecule has 9 heteroatoms. The quantitative estimate of drug-likeness (QED) is 0.516. The number of anilines is 1. The minimum Gasteiger partial charge on any atom is -0.420 e. The first-order chi connectivity index (χ1) is 16.3. The van der Waals surface area contributed by atoms with Crippen LogP contribution in [0.4, 0.5) is 10.3 Å². The van der Waals surface area contributed by atoms with Crippen LogP contribution in [0.2, 0.25) is 0 Å². The average molecular weight is 481 g/mol. The van der Waals surface area contributed by atoms with E-state index in [1.807, 2.05) is 23.1 Å². The van der Waals surface area contributed by atoms with Gasteiger partial charge >= 0.3 is 0 Å². The van der Waals surface area contributed by atoms with Gasteiger partial charge in [-0.25, -0.2) is 12.8 Å². The van der Waals surface area contributed by atoms with Crippen LogP contribution in [0.5, 0.6) is 0 Å². The molecule has 1 aromatic heterocycles. The van der Waals surface area contributed by atoms with E-state index >= 15 is 0 Å². The second kappa shape index (κ2) is 9.79. The molecule has 0 saturated carbocycles. The van der Waals surface area contributed by atoms with E-state index in [9.17, 15) is 18.1 Å². The summed E-state index contributed by atoms with van der Waals surface area (Å²) < 4.78 is 46.4. The van der Waals surface area contributed by atoms with Crippen molar-refractivity contribution in [2.24, 2.45) is 0 Å². The topological polar surface area (TPSA) is 90.4 Å². The van der Waals surface area contributed by atoms with Gasteiger partial charge in [0.15, 0.2) is 0 Å². The smallest absolute Gasteiger partial charge is 0.243 e. The highest BCUT2D eigenvalue weighted by atomic mass is 32.2. The lowest BCUT2D eigenvalue weighted by Gasteiger charge is -2.33. The van der Waals surface area contributed by atoms with Gasteiger partial charge in [0.05, 0.1) is 4.90 Å². The molecule has 1 fully saturated rings. The first-order valence-corrected chi connectivity index (χ1v) is 12.4. The molecule has 0 radical (unpaired) electrons. The zero-order valence-corrected chi connectivity index (χ0v) is 19.8. The number of sulfonamides is 1. The summed E-state index contributed by atoms with van der Waals surface area (Å²) in [6, 6.07) is 15.0. The Labute approximate surface area is 198 Å². The third-order valence-electron chi connectivity index (χ3n) is 5.73. The van der Waals surface area contributed by atoms with Gasteiger partial charge in [0.2, 0.25) is 27.5 Å². The fourth-order valence-corrected chi connectivity index (χ4v) is 5.16. The van der Waals surface area contributed by atoms with Gasteiger partial charge in [-0.2, -0.15) is 14.6 Å². The van der Waals surface area contributed by atoms with E-state index in [2.05, 4.69) is 18.8 Å². The molecular weight excluding hydrogens is 455 g/mol. The lowest BCUT2D eigenvalue weighted by Crippen LogP contribution is -2.48. The van der Waals surface area contributed by atoms with E-state index in [1.165, 1.54) is 16.4 Å². The highest BCUT2D eigenvalue weighted by molar-refractivity contribution is 7.89. The molecule has 176 valence electrons. The molecule has 0 bridgehead atoms. The summed E-state index contributed by atoms with van der Waals surface area (Å²) in [5.41, 5.74) is 1.99. The summed E-state index contributed by atoms with van der Waals surface area (Å²) in [6.07, 6.45) is 3.32. The van der Waals surface area contributed by atoms with E-state index in [-0.39, 0.29) is 35.4 Å². The van der Waals surface area contributed by atoms with Crippen LogP contribution in [0, 0.1) is 17.1 Å². The Morgan fingerprint density at radius 3 is 2.26 bits per heavy atom. The van der Waals surface area contributed by atoms with E-state index < -0.39 is 10.0 Å². The second-order valence-electron chi connectivity index (χ2n) is 8.32. The summed E-state index contributed by atoms with van der Waals surface area (Å²) in [5.74, 6) is 0.568. The van der Waals surface area contributed by atoms with Crippen LogP contribution in [0.25, 0.3) is 12.2 Å². The monoisotopic (exact) mass is 480 g/mol. The predicted octanol–water partition coefficient (Wildman–Crippen LogP) is 4.49. The Balaban J connectivity index is 1.45. The van der Waals surface area contributed by atoms with Crippen LogP contribution in [0.1, 0.15) is 42.5 Å². The number of piperazine rings is 1. The van der Waals surface area contributed by atoms with Gasteiger partial charge in [0.1, 0.15) is 11.9 Å². The lowest BCUT2D eigenvalue weighted by molar-refractivity contribution is 0.373. The third kappa shape index (κ3) is 5.03. The van der Waals surface area contributed by atoms with Gasteiger partial charge in [0, 0.05) is 32.3 Å². The van der Waals surface area contributed by atoms with Gasteiger partial charge in [-0.05, 0) is 47.4 Å². The van der Waals surface area contributed by atoms with Crippen LogP contribution in [0.3, 0.4) is 0 Å². The Morgan fingerprint density at radius 2 is 1.68 bits per heavy atom. The minimum absolute atomic E-state index is 0.138. The molecule has 2 heterocycles. The zero-order chi connectivity index (χ0) is 24.3. The van der Waals surface area contributed by atoms with Crippen molar-refractivity contribution in [3.05, 3.63) is 77.1 Å². The number of nitriles is 1. The minimum atomic E-state index is -3.61. The first kappa shape index (κ1) is 23.7.